The molecule has 1 saturated heterocycles. The fourth-order valence-corrected chi connectivity index (χ4v) is 3.59. The first kappa shape index (κ1) is 18.3. The maximum atomic E-state index is 12.6. The van der Waals surface area contributed by atoms with E-state index in [1.807, 2.05) is 24.3 Å². The number of piperidine rings is 1. The number of nitrogens with zero attached hydrogens (tertiary/aromatic N) is 5. The molecule has 144 valence electrons. The van der Waals surface area contributed by atoms with Crippen molar-refractivity contribution in [3.05, 3.63) is 66.0 Å². The maximum absolute atomic E-state index is 12.6. The Morgan fingerprint density at radius 2 is 2.04 bits per heavy atom. The van der Waals surface area contributed by atoms with Crippen molar-refractivity contribution >= 4 is 11.6 Å². The van der Waals surface area contributed by atoms with E-state index in [0.29, 0.717) is 11.6 Å². The summed E-state index contributed by atoms with van der Waals surface area (Å²) < 4.78 is 1.52. The quantitative estimate of drug-likeness (QED) is 0.739. The summed E-state index contributed by atoms with van der Waals surface area (Å²) in [6.45, 7) is 4.43. The molecule has 0 radical (unpaired) electrons. The molecule has 1 aromatic heterocycles. The smallest absolute Gasteiger partial charge is 0.255 e. The average molecular weight is 376 g/mol. The van der Waals surface area contributed by atoms with E-state index >= 15 is 0 Å². The van der Waals surface area contributed by atoms with E-state index in [9.17, 15) is 4.79 Å². The highest BCUT2D eigenvalue weighted by Gasteiger charge is 2.18. The number of aromatic nitrogens is 4. The first-order valence-electron chi connectivity index (χ1n) is 9.67. The lowest BCUT2D eigenvalue weighted by molar-refractivity contribution is 0.102. The molecule has 1 aliphatic heterocycles. The summed E-state index contributed by atoms with van der Waals surface area (Å²) in [4.78, 5) is 15.1. The predicted molar refractivity (Wildman–Crippen MR) is 107 cm³/mol. The fourth-order valence-electron chi connectivity index (χ4n) is 3.59. The Morgan fingerprint density at radius 1 is 1.18 bits per heavy atom. The summed E-state index contributed by atoms with van der Waals surface area (Å²) in [6, 6.07) is 16.0. The topological polar surface area (TPSA) is 75.9 Å². The van der Waals surface area contributed by atoms with Gasteiger partial charge in [0.2, 0.25) is 0 Å². The zero-order valence-electron chi connectivity index (χ0n) is 16.0. The van der Waals surface area contributed by atoms with Gasteiger partial charge < -0.3 is 5.32 Å². The molecule has 3 aromatic rings. The predicted octanol–water partition coefficient (Wildman–Crippen LogP) is 3.29. The number of hydrogen-bond acceptors (Lipinski definition) is 5. The number of benzene rings is 2. The van der Waals surface area contributed by atoms with Gasteiger partial charge in [-0.15, -0.1) is 5.10 Å². The van der Waals surface area contributed by atoms with Crippen LogP contribution in [0.1, 0.15) is 42.1 Å². The second kappa shape index (κ2) is 8.31. The van der Waals surface area contributed by atoms with Crippen LogP contribution in [-0.4, -0.2) is 43.6 Å². The molecular formula is C21H24N6O. The van der Waals surface area contributed by atoms with Gasteiger partial charge in [0, 0.05) is 23.8 Å². The van der Waals surface area contributed by atoms with Crippen LogP contribution in [-0.2, 0) is 6.54 Å². The van der Waals surface area contributed by atoms with Crippen molar-refractivity contribution in [3.63, 3.8) is 0 Å². The van der Waals surface area contributed by atoms with E-state index in [0.717, 1.165) is 24.5 Å². The van der Waals surface area contributed by atoms with E-state index in [1.165, 1.54) is 35.8 Å². The fraction of sp³-hybridized carbons (Fsp3) is 0.333. The molecule has 0 bridgehead atoms. The minimum absolute atomic E-state index is 0.160. The first-order chi connectivity index (χ1) is 13.7. The summed E-state index contributed by atoms with van der Waals surface area (Å²) >= 11 is 0. The van der Waals surface area contributed by atoms with Gasteiger partial charge in [0.05, 0.1) is 5.69 Å². The summed E-state index contributed by atoms with van der Waals surface area (Å²) in [7, 11) is 0. The van der Waals surface area contributed by atoms with Crippen molar-refractivity contribution in [1.82, 2.24) is 25.1 Å². The normalized spacial score (nSPS) is 17.4. The highest BCUT2D eigenvalue weighted by molar-refractivity contribution is 6.04. The van der Waals surface area contributed by atoms with Crippen LogP contribution in [0.2, 0.25) is 0 Å². The lowest BCUT2D eigenvalue weighted by atomic mass is 10.0. The molecule has 1 fully saturated rings. The van der Waals surface area contributed by atoms with Gasteiger partial charge in [-0.1, -0.05) is 24.6 Å². The Balaban J connectivity index is 1.40. The molecule has 2 heterocycles. The Hall–Kier alpha value is -3.06. The van der Waals surface area contributed by atoms with Crippen LogP contribution in [0.5, 0.6) is 0 Å². The molecule has 28 heavy (non-hydrogen) atoms. The SMILES string of the molecule is CC1CCCCN1Cc1ccc(NC(=O)c2cccc(-n3cnnn3)c2)cc1. The van der Waals surface area contributed by atoms with E-state index in [1.54, 1.807) is 12.1 Å². The van der Waals surface area contributed by atoms with Crippen LogP contribution < -0.4 is 5.32 Å². The maximum Gasteiger partial charge on any atom is 0.255 e. The lowest BCUT2D eigenvalue weighted by Crippen LogP contribution is -2.36. The molecule has 0 spiro atoms. The van der Waals surface area contributed by atoms with Gasteiger partial charge in [-0.25, -0.2) is 4.68 Å². The molecule has 0 saturated carbocycles. The molecule has 1 amide bonds. The Morgan fingerprint density at radius 3 is 2.79 bits per heavy atom. The van der Waals surface area contributed by atoms with E-state index < -0.39 is 0 Å². The van der Waals surface area contributed by atoms with Crippen molar-refractivity contribution in [2.24, 2.45) is 0 Å². The minimum atomic E-state index is -0.160. The second-order valence-electron chi connectivity index (χ2n) is 7.27. The molecule has 1 aliphatic rings. The summed E-state index contributed by atoms with van der Waals surface area (Å²) in [5, 5.41) is 14.1. The van der Waals surface area contributed by atoms with Crippen LogP contribution in [0, 0.1) is 0 Å². The van der Waals surface area contributed by atoms with Gasteiger partial charge in [-0.2, -0.15) is 0 Å². The zero-order chi connectivity index (χ0) is 19.3. The van der Waals surface area contributed by atoms with Crippen molar-refractivity contribution in [2.75, 3.05) is 11.9 Å². The number of carbonyl (C=O) groups is 1. The van der Waals surface area contributed by atoms with Crippen molar-refractivity contribution in [1.29, 1.82) is 0 Å². The van der Waals surface area contributed by atoms with E-state index in [4.69, 9.17) is 0 Å². The molecule has 7 heteroatoms. The number of tetrazole rings is 1. The lowest BCUT2D eigenvalue weighted by Gasteiger charge is -2.33. The third-order valence-electron chi connectivity index (χ3n) is 5.26. The van der Waals surface area contributed by atoms with Gasteiger partial charge >= 0.3 is 0 Å². The molecule has 1 unspecified atom stereocenters. The molecule has 1 atom stereocenters. The molecular weight excluding hydrogens is 352 g/mol. The van der Waals surface area contributed by atoms with Gasteiger partial charge in [0.25, 0.3) is 5.91 Å². The number of likely N-dealkylation sites (tertiary alicyclic amines) is 1. The summed E-state index contributed by atoms with van der Waals surface area (Å²) in [5.74, 6) is -0.160. The molecule has 0 aliphatic carbocycles. The Bertz CT molecular complexity index is 922. The first-order valence-corrected chi connectivity index (χ1v) is 9.67. The van der Waals surface area contributed by atoms with Crippen LogP contribution in [0.25, 0.3) is 5.69 Å². The third kappa shape index (κ3) is 4.26. The molecule has 2 aromatic carbocycles. The molecule has 7 nitrogen and oxygen atoms in total. The number of amides is 1. The standard InChI is InChI=1S/C21H24N6O/c1-16-5-2-3-12-26(16)14-17-8-10-19(11-9-17)23-21(28)18-6-4-7-20(13-18)27-15-22-24-25-27/h4,6-11,13,15-16H,2-3,5,12,14H2,1H3,(H,23,28). The highest BCUT2D eigenvalue weighted by atomic mass is 16.1. The van der Waals surface area contributed by atoms with Crippen LogP contribution in [0.3, 0.4) is 0 Å². The van der Waals surface area contributed by atoms with Gasteiger partial charge in [-0.05, 0) is 72.6 Å². The molecule has 1 N–H and O–H groups in total. The van der Waals surface area contributed by atoms with Crippen LogP contribution >= 0.6 is 0 Å². The van der Waals surface area contributed by atoms with Gasteiger partial charge in [0.1, 0.15) is 6.33 Å². The van der Waals surface area contributed by atoms with Gasteiger partial charge in [-0.3, -0.25) is 9.69 Å². The second-order valence-corrected chi connectivity index (χ2v) is 7.27. The monoisotopic (exact) mass is 376 g/mol. The molecule has 4 rings (SSSR count). The summed E-state index contributed by atoms with van der Waals surface area (Å²) in [6.07, 6.45) is 5.39. The van der Waals surface area contributed by atoms with Crippen molar-refractivity contribution in [3.8, 4) is 5.69 Å². The number of carbonyl (C=O) groups excluding carboxylic acids is 1. The number of anilines is 1. The van der Waals surface area contributed by atoms with E-state index in [-0.39, 0.29) is 5.91 Å². The number of nitrogens with one attached hydrogen (secondary N) is 1. The summed E-state index contributed by atoms with van der Waals surface area (Å²) in [5.41, 5.74) is 3.35. The van der Waals surface area contributed by atoms with Gasteiger partial charge in [0.15, 0.2) is 0 Å². The number of hydrogen-bond donors (Lipinski definition) is 1. The third-order valence-corrected chi connectivity index (χ3v) is 5.26. The van der Waals surface area contributed by atoms with Crippen molar-refractivity contribution in [2.45, 2.75) is 38.8 Å². The van der Waals surface area contributed by atoms with Crippen LogP contribution in [0.4, 0.5) is 5.69 Å². The number of rotatable bonds is 5. The Labute approximate surface area is 164 Å². The van der Waals surface area contributed by atoms with Crippen LogP contribution in [0.15, 0.2) is 54.9 Å². The van der Waals surface area contributed by atoms with E-state index in [2.05, 4.69) is 44.8 Å². The zero-order valence-corrected chi connectivity index (χ0v) is 16.0. The largest absolute Gasteiger partial charge is 0.322 e. The highest BCUT2D eigenvalue weighted by Crippen LogP contribution is 2.20. The average Bonchev–Trinajstić information content (AvgIpc) is 3.26. The van der Waals surface area contributed by atoms with Crippen molar-refractivity contribution < 1.29 is 4.79 Å². The Kier molecular flexibility index (Phi) is 5.43. The minimum Gasteiger partial charge on any atom is -0.322 e.